The van der Waals surface area contributed by atoms with E-state index in [1.807, 2.05) is 5.32 Å². The van der Waals surface area contributed by atoms with E-state index >= 15 is 0 Å². The maximum atomic E-state index is 13.4. The van der Waals surface area contributed by atoms with E-state index in [4.69, 9.17) is 0 Å². The van der Waals surface area contributed by atoms with Crippen LogP contribution >= 0.6 is 0 Å². The van der Waals surface area contributed by atoms with Crippen LogP contribution in [0.4, 0.5) is 14.5 Å². The first kappa shape index (κ1) is 15.4. The highest BCUT2D eigenvalue weighted by atomic mass is 19.2. The number of carbonyl (C=O) groups is 2. The zero-order valence-corrected chi connectivity index (χ0v) is 11.3. The van der Waals surface area contributed by atoms with E-state index in [1.165, 1.54) is 6.07 Å². The van der Waals surface area contributed by atoms with Gasteiger partial charge in [0.2, 0.25) is 0 Å². The van der Waals surface area contributed by atoms with Crippen molar-refractivity contribution in [2.45, 2.75) is 31.3 Å². The van der Waals surface area contributed by atoms with Crippen molar-refractivity contribution in [1.29, 1.82) is 0 Å². The molecular formula is C14H16F2N2O3. The topological polar surface area (TPSA) is 78.4 Å². The van der Waals surface area contributed by atoms with Gasteiger partial charge in [0.15, 0.2) is 11.6 Å². The summed E-state index contributed by atoms with van der Waals surface area (Å²) in [6.45, 7) is -0.0368. The minimum Gasteiger partial charge on any atom is -0.388 e. The normalized spacial score (nSPS) is 16.5. The summed E-state index contributed by atoms with van der Waals surface area (Å²) in [6, 6.07) is 3.27. The lowest BCUT2D eigenvalue weighted by Crippen LogP contribution is -2.44. The highest BCUT2D eigenvalue weighted by Gasteiger charge is 2.32. The first-order chi connectivity index (χ1) is 9.91. The van der Waals surface area contributed by atoms with Crippen molar-refractivity contribution in [1.82, 2.24) is 5.32 Å². The maximum absolute atomic E-state index is 13.4. The molecule has 0 saturated heterocycles. The van der Waals surface area contributed by atoms with E-state index < -0.39 is 34.7 Å². The quantitative estimate of drug-likeness (QED) is 0.737. The van der Waals surface area contributed by atoms with E-state index in [-0.39, 0.29) is 6.54 Å². The molecule has 1 aliphatic carbocycles. The number of nitrogens with one attached hydrogen (secondary N) is 2. The Morgan fingerprint density at radius 1 is 1.19 bits per heavy atom. The average Bonchev–Trinajstić information content (AvgIpc) is 2.88. The number of carbonyl (C=O) groups excluding carboxylic acids is 2. The van der Waals surface area contributed by atoms with Crippen LogP contribution in [0.3, 0.4) is 0 Å². The summed E-state index contributed by atoms with van der Waals surface area (Å²) < 4.78 is 26.3. The van der Waals surface area contributed by atoms with Gasteiger partial charge >= 0.3 is 11.8 Å². The van der Waals surface area contributed by atoms with Crippen molar-refractivity contribution in [3.8, 4) is 0 Å². The molecule has 0 bridgehead atoms. The number of amides is 2. The van der Waals surface area contributed by atoms with Gasteiger partial charge in [-0.15, -0.1) is 0 Å². The summed E-state index contributed by atoms with van der Waals surface area (Å²) in [6.07, 6.45) is 2.86. The average molecular weight is 298 g/mol. The molecule has 1 saturated carbocycles. The second kappa shape index (κ2) is 6.17. The van der Waals surface area contributed by atoms with Crippen molar-refractivity contribution in [3.63, 3.8) is 0 Å². The number of aliphatic hydroxyl groups is 1. The Bertz CT molecular complexity index is 557. The second-order valence-electron chi connectivity index (χ2n) is 5.17. The van der Waals surface area contributed by atoms with Gasteiger partial charge in [-0.05, 0) is 25.0 Å². The molecule has 0 heterocycles. The summed E-state index contributed by atoms with van der Waals surface area (Å²) in [7, 11) is 0. The Balaban J connectivity index is 1.91. The minimum atomic E-state index is -1.23. The first-order valence-corrected chi connectivity index (χ1v) is 6.67. The summed E-state index contributed by atoms with van der Waals surface area (Å²) in [5.74, 6) is -4.46. The van der Waals surface area contributed by atoms with Crippen LogP contribution in [-0.2, 0) is 9.59 Å². The Morgan fingerprint density at radius 2 is 1.86 bits per heavy atom. The SMILES string of the molecule is O=C(NCC1(O)CCCC1)C(=O)Nc1cccc(F)c1F. The van der Waals surface area contributed by atoms with Gasteiger partial charge in [0.05, 0.1) is 11.3 Å². The maximum Gasteiger partial charge on any atom is 0.313 e. The monoisotopic (exact) mass is 298 g/mol. The fourth-order valence-corrected chi connectivity index (χ4v) is 2.31. The molecule has 1 aromatic rings. The van der Waals surface area contributed by atoms with Crippen molar-refractivity contribution >= 4 is 17.5 Å². The Hall–Kier alpha value is -2.02. The smallest absolute Gasteiger partial charge is 0.313 e. The highest BCUT2D eigenvalue weighted by Crippen LogP contribution is 2.28. The molecule has 0 aromatic heterocycles. The molecule has 5 nitrogen and oxygen atoms in total. The van der Waals surface area contributed by atoms with Gasteiger partial charge in [0.1, 0.15) is 0 Å². The minimum absolute atomic E-state index is 0.0368. The fraction of sp³-hybridized carbons (Fsp3) is 0.429. The number of halogens is 2. The lowest BCUT2D eigenvalue weighted by atomic mass is 10.0. The van der Waals surface area contributed by atoms with E-state index in [0.29, 0.717) is 12.8 Å². The van der Waals surface area contributed by atoms with Crippen LogP contribution in [0, 0.1) is 11.6 Å². The van der Waals surface area contributed by atoms with Crippen LogP contribution in [-0.4, -0.2) is 29.1 Å². The third-order valence-corrected chi connectivity index (χ3v) is 3.52. The van der Waals surface area contributed by atoms with Crippen molar-refractivity contribution < 1.29 is 23.5 Å². The van der Waals surface area contributed by atoms with E-state index in [2.05, 4.69) is 5.32 Å². The van der Waals surface area contributed by atoms with E-state index in [9.17, 15) is 23.5 Å². The molecule has 1 aliphatic rings. The number of anilines is 1. The van der Waals surface area contributed by atoms with Gasteiger partial charge in [-0.1, -0.05) is 18.9 Å². The largest absolute Gasteiger partial charge is 0.388 e. The number of rotatable bonds is 3. The fourth-order valence-electron chi connectivity index (χ4n) is 2.31. The molecule has 0 spiro atoms. The molecule has 1 aromatic carbocycles. The Labute approximate surface area is 120 Å². The molecule has 0 unspecified atom stereocenters. The van der Waals surface area contributed by atoms with Crippen LogP contribution in [0.2, 0.25) is 0 Å². The predicted octanol–water partition coefficient (Wildman–Crippen LogP) is 1.32. The molecule has 7 heteroatoms. The first-order valence-electron chi connectivity index (χ1n) is 6.67. The molecule has 114 valence electrons. The van der Waals surface area contributed by atoms with Gasteiger partial charge in [0.25, 0.3) is 0 Å². The lowest BCUT2D eigenvalue weighted by molar-refractivity contribution is -0.136. The van der Waals surface area contributed by atoms with E-state index in [1.54, 1.807) is 0 Å². The molecule has 2 rings (SSSR count). The number of benzene rings is 1. The van der Waals surface area contributed by atoms with Crippen LogP contribution in [0.25, 0.3) is 0 Å². The lowest BCUT2D eigenvalue weighted by Gasteiger charge is -2.22. The summed E-state index contributed by atoms with van der Waals surface area (Å²) in [5.41, 5.74) is -1.39. The van der Waals surface area contributed by atoms with Crippen LogP contribution in [0.1, 0.15) is 25.7 Å². The highest BCUT2D eigenvalue weighted by molar-refractivity contribution is 6.39. The molecule has 0 radical (unpaired) electrons. The number of hydrogen-bond acceptors (Lipinski definition) is 3. The molecule has 3 N–H and O–H groups in total. The summed E-state index contributed by atoms with van der Waals surface area (Å²) in [4.78, 5) is 23.2. The third kappa shape index (κ3) is 3.75. The Morgan fingerprint density at radius 3 is 2.52 bits per heavy atom. The van der Waals surface area contributed by atoms with Gasteiger partial charge < -0.3 is 15.7 Å². The molecule has 1 fully saturated rings. The standard InChI is InChI=1S/C14H16F2N2O3/c15-9-4-3-5-10(11(9)16)18-13(20)12(19)17-8-14(21)6-1-2-7-14/h3-5,21H,1-2,6-8H2,(H,17,19)(H,18,20). The van der Waals surface area contributed by atoms with Gasteiger partial charge in [-0.2, -0.15) is 0 Å². The summed E-state index contributed by atoms with van der Waals surface area (Å²) in [5, 5.41) is 14.3. The second-order valence-corrected chi connectivity index (χ2v) is 5.17. The van der Waals surface area contributed by atoms with Gasteiger partial charge in [-0.25, -0.2) is 8.78 Å². The van der Waals surface area contributed by atoms with Crippen molar-refractivity contribution in [2.75, 3.05) is 11.9 Å². The van der Waals surface area contributed by atoms with E-state index in [0.717, 1.165) is 25.0 Å². The zero-order chi connectivity index (χ0) is 15.5. The summed E-state index contributed by atoms with van der Waals surface area (Å²) >= 11 is 0. The van der Waals surface area contributed by atoms with Crippen LogP contribution in [0.5, 0.6) is 0 Å². The van der Waals surface area contributed by atoms with Crippen molar-refractivity contribution in [3.05, 3.63) is 29.8 Å². The molecular weight excluding hydrogens is 282 g/mol. The van der Waals surface area contributed by atoms with Crippen molar-refractivity contribution in [2.24, 2.45) is 0 Å². The molecule has 2 amide bonds. The number of hydrogen-bond donors (Lipinski definition) is 3. The van der Waals surface area contributed by atoms with Crippen LogP contribution in [0.15, 0.2) is 18.2 Å². The molecule has 0 aliphatic heterocycles. The zero-order valence-electron chi connectivity index (χ0n) is 11.3. The molecule has 0 atom stereocenters. The Kier molecular flexibility index (Phi) is 4.52. The van der Waals surface area contributed by atoms with Gasteiger partial charge in [0, 0.05) is 6.54 Å². The van der Waals surface area contributed by atoms with Gasteiger partial charge in [-0.3, -0.25) is 9.59 Å². The third-order valence-electron chi connectivity index (χ3n) is 3.52. The predicted molar refractivity (Wildman–Crippen MR) is 71.4 cm³/mol. The molecule has 21 heavy (non-hydrogen) atoms. The van der Waals surface area contributed by atoms with Crippen LogP contribution < -0.4 is 10.6 Å².